The number of hydrogen-bond acceptors (Lipinski definition) is 10. The van der Waals surface area contributed by atoms with Crippen molar-refractivity contribution in [2.75, 3.05) is 66.8 Å². The monoisotopic (exact) mass is 717 g/mol. The van der Waals surface area contributed by atoms with Gasteiger partial charge in [-0.05, 0) is 51.7 Å². The van der Waals surface area contributed by atoms with E-state index in [0.717, 1.165) is 80.7 Å². The molecule has 3 aliphatic rings. The van der Waals surface area contributed by atoms with Crippen LogP contribution in [0.2, 0.25) is 0 Å². The van der Waals surface area contributed by atoms with E-state index in [2.05, 4.69) is 26.7 Å². The Morgan fingerprint density at radius 3 is 2.73 bits per heavy atom. The van der Waals surface area contributed by atoms with Crippen molar-refractivity contribution in [3.05, 3.63) is 48.3 Å². The van der Waals surface area contributed by atoms with Crippen molar-refractivity contribution in [1.29, 1.82) is 0 Å². The number of morpholine rings is 1. The minimum atomic E-state index is -1.15. The van der Waals surface area contributed by atoms with Crippen LogP contribution in [-0.4, -0.2) is 121 Å². The molecule has 6 rings (SSSR count). The van der Waals surface area contributed by atoms with Gasteiger partial charge in [0.25, 0.3) is 0 Å². The largest absolute Gasteiger partial charge is 0.496 e. The Labute approximate surface area is 304 Å². The highest BCUT2D eigenvalue weighted by atomic mass is 16.5. The second-order valence-corrected chi connectivity index (χ2v) is 13.7. The topological polar surface area (TPSA) is 149 Å². The molecule has 3 amide bonds. The van der Waals surface area contributed by atoms with E-state index in [1.54, 1.807) is 32.2 Å². The minimum absolute atomic E-state index is 0.0975. The third-order valence-electron chi connectivity index (χ3n) is 10.2. The molecule has 1 aromatic carbocycles. The van der Waals surface area contributed by atoms with Gasteiger partial charge < -0.3 is 34.5 Å². The maximum atomic E-state index is 13.9. The van der Waals surface area contributed by atoms with E-state index in [-0.39, 0.29) is 31.6 Å². The third kappa shape index (κ3) is 8.50. The van der Waals surface area contributed by atoms with Crippen molar-refractivity contribution >= 4 is 28.8 Å². The lowest BCUT2D eigenvalue weighted by Gasteiger charge is -2.26. The summed E-state index contributed by atoms with van der Waals surface area (Å²) in [7, 11) is 3.34. The number of carbonyl (C=O) groups is 3. The molecule has 1 saturated carbocycles. The lowest BCUT2D eigenvalue weighted by Crippen LogP contribution is -2.56. The van der Waals surface area contributed by atoms with Crippen LogP contribution >= 0.6 is 0 Å². The first kappa shape index (κ1) is 37.1. The van der Waals surface area contributed by atoms with Gasteiger partial charge in [0.05, 0.1) is 57.5 Å². The Morgan fingerprint density at radius 1 is 1.12 bits per heavy atom. The zero-order valence-electron chi connectivity index (χ0n) is 30.7. The molecule has 0 radical (unpaired) electrons. The third-order valence-corrected chi connectivity index (χ3v) is 10.2. The van der Waals surface area contributed by atoms with Crippen LogP contribution in [0.3, 0.4) is 0 Å². The Balaban J connectivity index is 1.23. The highest BCUT2D eigenvalue weighted by Gasteiger charge is 2.61. The maximum absolute atomic E-state index is 13.9. The standard InChI is InChI=1S/C38H51N7O7/c1-5-51-36(47)38-23-28(38)10-8-6-7-9-14-43(3)37(48)41-30(35(46)42-38)13-19-52-33-22-31(40-34-26(2)32(49-4)12-11-29(33)34)27-24-39-45(25-27)16-15-44-17-20-50-21-18-44/h8,10-12,22,24-25,28,30H,5-7,9,13-21,23H2,1-4H3,(H,41,48)(H,42,46)/b10-8-/t28-,30+,38-/m1/s1. The number of hydrogen-bond donors (Lipinski definition) is 2. The summed E-state index contributed by atoms with van der Waals surface area (Å²) < 4.78 is 24.8. The summed E-state index contributed by atoms with van der Waals surface area (Å²) in [5.41, 5.74) is 1.97. The van der Waals surface area contributed by atoms with Crippen molar-refractivity contribution in [2.24, 2.45) is 5.92 Å². The van der Waals surface area contributed by atoms with E-state index < -0.39 is 23.5 Å². The van der Waals surface area contributed by atoms with E-state index in [0.29, 0.717) is 30.2 Å². The number of esters is 1. The normalized spacial score (nSPS) is 23.6. The Hall–Kier alpha value is -4.69. The molecule has 14 nitrogen and oxygen atoms in total. The number of fused-ring (bicyclic) bond motifs is 2. The van der Waals surface area contributed by atoms with Crippen molar-refractivity contribution < 1.29 is 33.3 Å². The van der Waals surface area contributed by atoms with E-state index in [9.17, 15) is 14.4 Å². The van der Waals surface area contributed by atoms with Crippen molar-refractivity contribution in [2.45, 2.75) is 64.1 Å². The predicted octanol–water partition coefficient (Wildman–Crippen LogP) is 3.70. The van der Waals surface area contributed by atoms with Crippen LogP contribution in [0, 0.1) is 12.8 Å². The number of aromatic nitrogens is 3. The fraction of sp³-hybridized carbons (Fsp3) is 0.553. The van der Waals surface area contributed by atoms with Crippen LogP contribution < -0.4 is 20.1 Å². The van der Waals surface area contributed by atoms with Crippen molar-refractivity contribution in [1.82, 2.24) is 35.2 Å². The van der Waals surface area contributed by atoms with Crippen LogP contribution in [0.25, 0.3) is 22.2 Å². The number of nitrogens with zero attached hydrogens (tertiary/aromatic N) is 5. The summed E-state index contributed by atoms with van der Waals surface area (Å²) in [6.45, 7) is 9.49. The molecule has 2 aromatic heterocycles. The maximum Gasteiger partial charge on any atom is 0.332 e. The number of rotatable bonds is 11. The molecule has 4 heterocycles. The van der Waals surface area contributed by atoms with Gasteiger partial charge in [-0.3, -0.25) is 14.4 Å². The summed E-state index contributed by atoms with van der Waals surface area (Å²) in [6.07, 6.45) is 11.0. The van der Waals surface area contributed by atoms with Crippen molar-refractivity contribution in [3.63, 3.8) is 0 Å². The minimum Gasteiger partial charge on any atom is -0.496 e. The van der Waals surface area contributed by atoms with Crippen LogP contribution in [-0.2, 0) is 25.6 Å². The molecule has 2 aliphatic heterocycles. The Kier molecular flexibility index (Phi) is 12.0. The summed E-state index contributed by atoms with van der Waals surface area (Å²) >= 11 is 0. The van der Waals surface area contributed by atoms with Gasteiger partial charge >= 0.3 is 12.0 Å². The first-order valence-electron chi connectivity index (χ1n) is 18.3. The number of amides is 3. The fourth-order valence-corrected chi connectivity index (χ4v) is 6.86. The quantitative estimate of drug-likeness (QED) is 0.222. The number of benzene rings is 1. The number of methoxy groups -OCH3 is 1. The first-order chi connectivity index (χ1) is 25.2. The zero-order chi connectivity index (χ0) is 36.7. The molecular formula is C38H51N7O7. The van der Waals surface area contributed by atoms with Gasteiger partial charge in [-0.2, -0.15) is 5.10 Å². The van der Waals surface area contributed by atoms with Crippen LogP contribution in [0.1, 0.15) is 44.6 Å². The highest BCUT2D eigenvalue weighted by molar-refractivity contribution is 5.95. The molecule has 0 bridgehead atoms. The van der Waals surface area contributed by atoms with Crippen LogP contribution in [0.15, 0.2) is 42.7 Å². The van der Waals surface area contributed by atoms with E-state index >= 15 is 0 Å². The Morgan fingerprint density at radius 2 is 1.94 bits per heavy atom. The number of carbonyl (C=O) groups excluding carboxylic acids is 3. The number of nitrogens with one attached hydrogen (secondary N) is 2. The predicted molar refractivity (Wildman–Crippen MR) is 195 cm³/mol. The van der Waals surface area contributed by atoms with Crippen molar-refractivity contribution in [3.8, 4) is 22.8 Å². The summed E-state index contributed by atoms with van der Waals surface area (Å²) in [6, 6.07) is 4.35. The summed E-state index contributed by atoms with van der Waals surface area (Å²) in [4.78, 5) is 49.2. The SMILES string of the molecule is CCOC(=O)[C@@]12C[C@H]1/C=C\CCCCN(C)C(=O)N[C@@H](CCOc1cc(-c3cnn(CCN4CCOCC4)c3)nc3c(C)c(OC)ccc13)C(=O)N2. The van der Waals surface area contributed by atoms with Gasteiger partial charge in [0.15, 0.2) is 0 Å². The number of urea groups is 1. The van der Waals surface area contributed by atoms with Gasteiger partial charge in [-0.1, -0.05) is 12.2 Å². The fourth-order valence-electron chi connectivity index (χ4n) is 6.86. The second-order valence-electron chi connectivity index (χ2n) is 13.7. The van der Waals surface area contributed by atoms with Crippen LogP contribution in [0.4, 0.5) is 4.79 Å². The molecular weight excluding hydrogens is 666 g/mol. The lowest BCUT2D eigenvalue weighted by atomic mass is 10.1. The zero-order valence-corrected chi connectivity index (χ0v) is 30.7. The summed E-state index contributed by atoms with van der Waals surface area (Å²) in [5.74, 6) is 0.189. The molecule has 0 spiro atoms. The molecule has 1 saturated heterocycles. The van der Waals surface area contributed by atoms with Gasteiger partial charge in [0.1, 0.15) is 23.1 Å². The molecule has 1 aliphatic carbocycles. The molecule has 14 heteroatoms. The van der Waals surface area contributed by atoms with E-state index in [1.807, 2.05) is 42.1 Å². The molecule has 3 aromatic rings. The first-order valence-corrected chi connectivity index (χ1v) is 18.3. The van der Waals surface area contributed by atoms with Crippen LogP contribution in [0.5, 0.6) is 11.5 Å². The highest BCUT2D eigenvalue weighted by Crippen LogP contribution is 2.46. The van der Waals surface area contributed by atoms with Gasteiger partial charge in [-0.25, -0.2) is 14.6 Å². The number of pyridine rings is 1. The summed E-state index contributed by atoms with van der Waals surface area (Å²) in [5, 5.41) is 11.2. The molecule has 2 N–H and O–H groups in total. The van der Waals surface area contributed by atoms with Gasteiger partial charge in [-0.15, -0.1) is 0 Å². The molecule has 280 valence electrons. The Bertz CT molecular complexity index is 1770. The number of allylic oxidation sites excluding steroid dienone is 1. The molecule has 3 atom stereocenters. The van der Waals surface area contributed by atoms with Gasteiger partial charge in [0, 0.05) is 74.3 Å². The number of ether oxygens (including phenoxy) is 4. The second kappa shape index (κ2) is 16.8. The van der Waals surface area contributed by atoms with Gasteiger partial charge in [0.2, 0.25) is 5.91 Å². The van der Waals surface area contributed by atoms with E-state index in [1.165, 1.54) is 0 Å². The smallest absolute Gasteiger partial charge is 0.332 e. The average Bonchev–Trinajstić information content (AvgIpc) is 3.63. The molecule has 2 fully saturated rings. The number of aryl methyl sites for hydroxylation is 1. The lowest BCUT2D eigenvalue weighted by molar-refractivity contribution is -0.149. The van der Waals surface area contributed by atoms with E-state index in [4.69, 9.17) is 23.9 Å². The molecule has 0 unspecified atom stereocenters. The molecule has 52 heavy (non-hydrogen) atoms. The average molecular weight is 718 g/mol.